The number of hydrogen-bond donors (Lipinski definition) is 1. The number of nitrogens with one attached hydrogen (secondary N) is 1. The van der Waals surface area contributed by atoms with Crippen LogP contribution in [0.2, 0.25) is 0 Å². The monoisotopic (exact) mass is 459 g/mol. The first kappa shape index (κ1) is 24.1. The Labute approximate surface area is 198 Å². The van der Waals surface area contributed by atoms with E-state index in [0.717, 1.165) is 5.56 Å². The summed E-state index contributed by atoms with van der Waals surface area (Å²) < 4.78 is 16.2. The zero-order valence-electron chi connectivity index (χ0n) is 19.2. The minimum absolute atomic E-state index is 0.205. The van der Waals surface area contributed by atoms with Crippen molar-refractivity contribution < 1.29 is 23.8 Å². The smallest absolute Gasteiger partial charge is 0.262 e. The van der Waals surface area contributed by atoms with Crippen molar-refractivity contribution in [2.24, 2.45) is 0 Å². The van der Waals surface area contributed by atoms with Crippen LogP contribution in [-0.4, -0.2) is 44.6 Å². The third-order valence-corrected chi connectivity index (χ3v) is 5.00. The van der Waals surface area contributed by atoms with Crippen LogP contribution >= 0.6 is 0 Å². The highest BCUT2D eigenvalue weighted by Crippen LogP contribution is 2.29. The van der Waals surface area contributed by atoms with Gasteiger partial charge in [0.05, 0.1) is 31.5 Å². The average Bonchev–Trinajstić information content (AvgIpc) is 2.87. The fraction of sp³-hybridized carbons (Fsp3) is 0.192. The van der Waals surface area contributed by atoms with Crippen molar-refractivity contribution in [3.05, 3.63) is 83.4 Å². The van der Waals surface area contributed by atoms with E-state index in [1.807, 2.05) is 12.1 Å². The highest BCUT2D eigenvalue weighted by atomic mass is 16.5. The van der Waals surface area contributed by atoms with Gasteiger partial charge in [-0.3, -0.25) is 9.59 Å². The molecule has 0 aromatic heterocycles. The Balaban J connectivity index is 1.63. The molecule has 0 heterocycles. The molecule has 0 radical (unpaired) electrons. The molecule has 3 aromatic rings. The van der Waals surface area contributed by atoms with Gasteiger partial charge in [-0.15, -0.1) is 0 Å². The number of para-hydroxylation sites is 2. The Hall–Kier alpha value is -4.51. The molecule has 3 rings (SSSR count). The first-order chi connectivity index (χ1) is 16.4. The fourth-order valence-electron chi connectivity index (χ4n) is 3.25. The van der Waals surface area contributed by atoms with E-state index in [1.165, 1.54) is 14.2 Å². The minimum Gasteiger partial charge on any atom is -0.495 e. The Kier molecular flexibility index (Phi) is 8.08. The molecular formula is C26H25N3O5. The second-order valence-electron chi connectivity index (χ2n) is 7.37. The molecule has 1 N–H and O–H groups in total. The predicted octanol–water partition coefficient (Wildman–Crippen LogP) is 3.87. The lowest BCUT2D eigenvalue weighted by Gasteiger charge is -2.18. The number of ether oxygens (including phenoxy) is 3. The van der Waals surface area contributed by atoms with Gasteiger partial charge in [-0.05, 0) is 48.0 Å². The second kappa shape index (κ2) is 11.4. The first-order valence-electron chi connectivity index (χ1n) is 10.4. The second-order valence-corrected chi connectivity index (χ2v) is 7.37. The summed E-state index contributed by atoms with van der Waals surface area (Å²) in [7, 11) is 4.68. The highest BCUT2D eigenvalue weighted by Gasteiger charge is 2.16. The van der Waals surface area contributed by atoms with E-state index in [1.54, 1.807) is 66.5 Å². The Morgan fingerprint density at radius 2 is 1.65 bits per heavy atom. The van der Waals surface area contributed by atoms with Gasteiger partial charge in [0.25, 0.3) is 11.8 Å². The Morgan fingerprint density at radius 3 is 2.32 bits per heavy atom. The van der Waals surface area contributed by atoms with Gasteiger partial charge in [0.15, 0.2) is 18.1 Å². The van der Waals surface area contributed by atoms with E-state index in [0.29, 0.717) is 40.6 Å². The van der Waals surface area contributed by atoms with Crippen molar-refractivity contribution in [2.45, 2.75) is 6.54 Å². The first-order valence-corrected chi connectivity index (χ1v) is 10.4. The van der Waals surface area contributed by atoms with Gasteiger partial charge in [0.2, 0.25) is 0 Å². The fourth-order valence-corrected chi connectivity index (χ4v) is 3.25. The van der Waals surface area contributed by atoms with Gasteiger partial charge in [0.1, 0.15) is 5.75 Å². The topological polar surface area (TPSA) is 101 Å². The lowest BCUT2D eigenvalue weighted by molar-refractivity contribution is -0.118. The van der Waals surface area contributed by atoms with Crippen LogP contribution in [0.3, 0.4) is 0 Å². The Bertz CT molecular complexity index is 1200. The molecule has 0 unspecified atom stereocenters. The highest BCUT2D eigenvalue weighted by molar-refractivity contribution is 5.95. The number of hydrogen-bond acceptors (Lipinski definition) is 6. The quantitative estimate of drug-likeness (QED) is 0.521. The number of nitriles is 1. The van der Waals surface area contributed by atoms with E-state index in [2.05, 4.69) is 11.4 Å². The standard InChI is InChI=1S/C26H25N3O5/c1-29(16-19-10-8-18(15-27)9-11-19)26(31)20-12-13-23(24(14-20)33-3)34-17-25(30)28-21-6-4-5-7-22(21)32-2/h4-14H,16-17H2,1-3H3,(H,28,30). The number of amides is 2. The molecule has 0 saturated heterocycles. The van der Waals surface area contributed by atoms with Gasteiger partial charge >= 0.3 is 0 Å². The number of carbonyl (C=O) groups is 2. The van der Waals surface area contributed by atoms with Crippen molar-refractivity contribution in [1.82, 2.24) is 4.90 Å². The summed E-state index contributed by atoms with van der Waals surface area (Å²) in [6, 6.07) is 21.0. The van der Waals surface area contributed by atoms with Crippen molar-refractivity contribution in [3.8, 4) is 23.3 Å². The number of anilines is 1. The van der Waals surface area contributed by atoms with Crippen LogP contribution in [0.15, 0.2) is 66.7 Å². The summed E-state index contributed by atoms with van der Waals surface area (Å²) in [5.41, 5.74) is 2.42. The summed E-state index contributed by atoms with van der Waals surface area (Å²) >= 11 is 0. The van der Waals surface area contributed by atoms with Crippen LogP contribution in [0.4, 0.5) is 5.69 Å². The van der Waals surface area contributed by atoms with Crippen LogP contribution in [0, 0.1) is 11.3 Å². The van der Waals surface area contributed by atoms with Gasteiger partial charge in [-0.2, -0.15) is 5.26 Å². The molecule has 2 amide bonds. The lowest BCUT2D eigenvalue weighted by Crippen LogP contribution is -2.26. The third-order valence-electron chi connectivity index (χ3n) is 5.00. The molecule has 34 heavy (non-hydrogen) atoms. The maximum atomic E-state index is 12.9. The maximum absolute atomic E-state index is 12.9. The molecule has 8 heteroatoms. The number of benzene rings is 3. The van der Waals surface area contributed by atoms with Gasteiger partial charge in [-0.1, -0.05) is 24.3 Å². The van der Waals surface area contributed by atoms with Crippen molar-refractivity contribution in [2.75, 3.05) is 33.2 Å². The summed E-state index contributed by atoms with van der Waals surface area (Å²) in [6.07, 6.45) is 0. The largest absolute Gasteiger partial charge is 0.495 e. The summed E-state index contributed by atoms with van der Waals surface area (Å²) in [4.78, 5) is 26.8. The van der Waals surface area contributed by atoms with Crippen LogP contribution < -0.4 is 19.5 Å². The molecule has 8 nitrogen and oxygen atoms in total. The summed E-state index contributed by atoms with van der Waals surface area (Å²) in [5, 5.41) is 11.6. The molecule has 3 aromatic carbocycles. The normalized spacial score (nSPS) is 10.1. The van der Waals surface area contributed by atoms with E-state index < -0.39 is 0 Å². The molecule has 0 saturated carbocycles. The molecule has 0 bridgehead atoms. The average molecular weight is 460 g/mol. The third kappa shape index (κ3) is 6.04. The molecule has 174 valence electrons. The minimum atomic E-state index is -0.367. The van der Waals surface area contributed by atoms with Gasteiger partial charge < -0.3 is 24.4 Å². The van der Waals surface area contributed by atoms with Gasteiger partial charge in [-0.25, -0.2) is 0 Å². The van der Waals surface area contributed by atoms with Crippen LogP contribution in [0.5, 0.6) is 17.2 Å². The Morgan fingerprint density at radius 1 is 0.941 bits per heavy atom. The van der Waals surface area contributed by atoms with Crippen LogP contribution in [0.25, 0.3) is 0 Å². The molecular weight excluding hydrogens is 434 g/mol. The summed E-state index contributed by atoms with van der Waals surface area (Å²) in [6.45, 7) is 0.133. The van der Waals surface area contributed by atoms with E-state index in [-0.39, 0.29) is 18.4 Å². The molecule has 0 aliphatic rings. The number of rotatable bonds is 9. The van der Waals surface area contributed by atoms with E-state index in [9.17, 15) is 9.59 Å². The number of nitrogens with zero attached hydrogens (tertiary/aromatic N) is 2. The maximum Gasteiger partial charge on any atom is 0.262 e. The molecule has 0 aliphatic heterocycles. The lowest BCUT2D eigenvalue weighted by atomic mass is 10.1. The molecule has 0 spiro atoms. The van der Waals surface area contributed by atoms with Crippen LogP contribution in [-0.2, 0) is 11.3 Å². The zero-order chi connectivity index (χ0) is 24.5. The van der Waals surface area contributed by atoms with Crippen LogP contribution in [0.1, 0.15) is 21.5 Å². The summed E-state index contributed by atoms with van der Waals surface area (Å²) in [5.74, 6) is 0.644. The van der Waals surface area contributed by atoms with E-state index >= 15 is 0 Å². The predicted molar refractivity (Wildman–Crippen MR) is 127 cm³/mol. The van der Waals surface area contributed by atoms with Gasteiger partial charge in [0, 0.05) is 19.2 Å². The van der Waals surface area contributed by atoms with Crippen molar-refractivity contribution >= 4 is 17.5 Å². The van der Waals surface area contributed by atoms with Crippen molar-refractivity contribution in [1.29, 1.82) is 5.26 Å². The van der Waals surface area contributed by atoms with Crippen molar-refractivity contribution in [3.63, 3.8) is 0 Å². The SMILES string of the molecule is COc1ccccc1NC(=O)COc1ccc(C(=O)N(C)Cc2ccc(C#N)cc2)cc1OC. The number of methoxy groups -OCH3 is 2. The molecule has 0 aliphatic carbocycles. The number of carbonyl (C=O) groups excluding carboxylic acids is 2. The molecule has 0 atom stereocenters. The van der Waals surface area contributed by atoms with E-state index in [4.69, 9.17) is 19.5 Å². The zero-order valence-corrected chi connectivity index (χ0v) is 19.2. The molecule has 0 fully saturated rings.